The van der Waals surface area contributed by atoms with Crippen molar-refractivity contribution in [3.63, 3.8) is 0 Å². The monoisotopic (exact) mass is 300 g/mol. The van der Waals surface area contributed by atoms with E-state index in [0.29, 0.717) is 6.54 Å². The molecule has 1 atom stereocenters. The minimum Gasteiger partial charge on any atom is -0.496 e. The predicted molar refractivity (Wildman–Crippen MR) is 86.0 cm³/mol. The van der Waals surface area contributed by atoms with Crippen LogP contribution >= 0.6 is 0 Å². The van der Waals surface area contributed by atoms with Gasteiger partial charge in [0.1, 0.15) is 5.75 Å². The summed E-state index contributed by atoms with van der Waals surface area (Å²) in [7, 11) is 3.69. The van der Waals surface area contributed by atoms with Gasteiger partial charge in [-0.15, -0.1) is 0 Å². The largest absolute Gasteiger partial charge is 0.496 e. The lowest BCUT2D eigenvalue weighted by molar-refractivity contribution is -0.384. The van der Waals surface area contributed by atoms with Gasteiger partial charge in [-0.2, -0.15) is 0 Å². The first-order valence-corrected chi connectivity index (χ1v) is 7.09. The molecule has 0 heterocycles. The van der Waals surface area contributed by atoms with E-state index in [0.717, 1.165) is 16.9 Å². The van der Waals surface area contributed by atoms with E-state index in [1.54, 1.807) is 19.2 Å². The second-order valence-electron chi connectivity index (χ2n) is 5.26. The summed E-state index contributed by atoms with van der Waals surface area (Å²) in [5.41, 5.74) is 2.27. The molecule has 0 aliphatic carbocycles. The number of hydrogen-bond donors (Lipinski definition) is 0. The summed E-state index contributed by atoms with van der Waals surface area (Å²) in [6.45, 7) is 2.82. The number of para-hydroxylation sites is 1. The molecule has 2 rings (SSSR count). The summed E-state index contributed by atoms with van der Waals surface area (Å²) in [5.74, 6) is 0.866. The average Bonchev–Trinajstić information content (AvgIpc) is 2.54. The summed E-state index contributed by atoms with van der Waals surface area (Å²) in [6, 6.07) is 14.8. The molecule has 0 aromatic heterocycles. The van der Waals surface area contributed by atoms with E-state index in [1.165, 1.54) is 12.1 Å². The van der Waals surface area contributed by atoms with Gasteiger partial charge in [-0.05, 0) is 25.6 Å². The van der Waals surface area contributed by atoms with Gasteiger partial charge >= 0.3 is 0 Å². The number of hydrogen-bond acceptors (Lipinski definition) is 4. The maximum absolute atomic E-state index is 10.7. The van der Waals surface area contributed by atoms with Crippen molar-refractivity contribution in [3.8, 4) is 5.75 Å². The third kappa shape index (κ3) is 3.62. The summed E-state index contributed by atoms with van der Waals surface area (Å²) in [4.78, 5) is 12.5. The Morgan fingerprint density at radius 1 is 1.18 bits per heavy atom. The van der Waals surface area contributed by atoms with Crippen LogP contribution < -0.4 is 4.74 Å². The van der Waals surface area contributed by atoms with Gasteiger partial charge in [0.25, 0.3) is 5.69 Å². The van der Waals surface area contributed by atoms with Crippen LogP contribution in [0.4, 0.5) is 5.69 Å². The van der Waals surface area contributed by atoms with Crippen LogP contribution in [-0.2, 0) is 6.54 Å². The van der Waals surface area contributed by atoms with Crippen molar-refractivity contribution in [2.75, 3.05) is 14.2 Å². The molecule has 22 heavy (non-hydrogen) atoms. The lowest BCUT2D eigenvalue weighted by atomic mass is 10.1. The molecule has 0 radical (unpaired) electrons. The highest BCUT2D eigenvalue weighted by Gasteiger charge is 2.16. The van der Waals surface area contributed by atoms with Crippen molar-refractivity contribution >= 4 is 5.69 Å². The molecule has 2 aromatic carbocycles. The molecule has 0 bridgehead atoms. The number of methoxy groups -OCH3 is 1. The summed E-state index contributed by atoms with van der Waals surface area (Å²) in [6.07, 6.45) is 0. The van der Waals surface area contributed by atoms with E-state index in [9.17, 15) is 10.1 Å². The molecule has 0 unspecified atom stereocenters. The molecule has 0 spiro atoms. The fraction of sp³-hybridized carbons (Fsp3) is 0.294. The van der Waals surface area contributed by atoms with Crippen LogP contribution in [0.2, 0.25) is 0 Å². The Morgan fingerprint density at radius 3 is 2.41 bits per heavy atom. The molecular formula is C17H20N2O3. The van der Waals surface area contributed by atoms with Crippen molar-refractivity contribution in [2.45, 2.75) is 19.5 Å². The van der Waals surface area contributed by atoms with Gasteiger partial charge in [0.2, 0.25) is 0 Å². The van der Waals surface area contributed by atoms with E-state index in [4.69, 9.17) is 4.74 Å². The van der Waals surface area contributed by atoms with E-state index < -0.39 is 0 Å². The molecule has 2 aromatic rings. The van der Waals surface area contributed by atoms with Crippen LogP contribution in [0.3, 0.4) is 0 Å². The quantitative estimate of drug-likeness (QED) is 0.601. The van der Waals surface area contributed by atoms with Crippen molar-refractivity contribution in [2.24, 2.45) is 0 Å². The van der Waals surface area contributed by atoms with Gasteiger partial charge in [0.15, 0.2) is 0 Å². The number of ether oxygens (including phenoxy) is 1. The zero-order valence-electron chi connectivity index (χ0n) is 13.0. The van der Waals surface area contributed by atoms with Crippen molar-refractivity contribution in [1.29, 1.82) is 0 Å². The first-order chi connectivity index (χ1) is 10.5. The Bertz CT molecular complexity index is 641. The molecule has 5 nitrogen and oxygen atoms in total. The molecule has 0 N–H and O–H groups in total. The SMILES string of the molecule is COc1ccccc1[C@H](C)N(C)Cc1ccc([N+](=O)[O-])cc1. The first-order valence-electron chi connectivity index (χ1n) is 7.09. The number of rotatable bonds is 6. The molecule has 0 saturated carbocycles. The van der Waals surface area contributed by atoms with E-state index >= 15 is 0 Å². The third-order valence-electron chi connectivity index (χ3n) is 3.83. The molecule has 116 valence electrons. The summed E-state index contributed by atoms with van der Waals surface area (Å²) >= 11 is 0. The lowest BCUT2D eigenvalue weighted by Gasteiger charge is -2.26. The van der Waals surface area contributed by atoms with Crippen LogP contribution in [0.1, 0.15) is 24.1 Å². The molecular weight excluding hydrogens is 280 g/mol. The molecule has 0 amide bonds. The summed E-state index contributed by atoms with van der Waals surface area (Å²) in [5, 5.41) is 10.7. The topological polar surface area (TPSA) is 55.6 Å². The highest BCUT2D eigenvalue weighted by molar-refractivity contribution is 5.36. The minimum atomic E-state index is -0.384. The van der Waals surface area contributed by atoms with Gasteiger partial charge in [0.05, 0.1) is 12.0 Å². The fourth-order valence-electron chi connectivity index (χ4n) is 2.40. The first kappa shape index (κ1) is 16.0. The minimum absolute atomic E-state index is 0.115. The van der Waals surface area contributed by atoms with Crippen LogP contribution in [0.15, 0.2) is 48.5 Å². The van der Waals surface area contributed by atoms with Crippen molar-refractivity contribution < 1.29 is 9.66 Å². The second-order valence-corrected chi connectivity index (χ2v) is 5.26. The van der Waals surface area contributed by atoms with Crippen molar-refractivity contribution in [1.82, 2.24) is 4.90 Å². The van der Waals surface area contributed by atoms with Crippen LogP contribution in [0.25, 0.3) is 0 Å². The molecule has 0 saturated heterocycles. The van der Waals surface area contributed by atoms with Gasteiger partial charge in [-0.1, -0.05) is 30.3 Å². The average molecular weight is 300 g/mol. The third-order valence-corrected chi connectivity index (χ3v) is 3.83. The Hall–Kier alpha value is -2.40. The van der Waals surface area contributed by atoms with Crippen molar-refractivity contribution in [3.05, 3.63) is 69.8 Å². The zero-order valence-corrected chi connectivity index (χ0v) is 13.0. The number of benzene rings is 2. The lowest BCUT2D eigenvalue weighted by Crippen LogP contribution is -2.22. The Kier molecular flexibility index (Phi) is 5.12. The maximum atomic E-state index is 10.7. The Balaban J connectivity index is 2.10. The predicted octanol–water partition coefficient (Wildman–Crippen LogP) is 3.80. The molecule has 5 heteroatoms. The van der Waals surface area contributed by atoms with Crippen LogP contribution in [0, 0.1) is 10.1 Å². The Morgan fingerprint density at radius 2 is 1.82 bits per heavy atom. The van der Waals surface area contributed by atoms with Gasteiger partial charge < -0.3 is 4.74 Å². The standard InChI is InChI=1S/C17H20N2O3/c1-13(16-6-4-5-7-17(16)22-3)18(2)12-14-8-10-15(11-9-14)19(20)21/h4-11,13H,12H2,1-3H3/t13-/m0/s1. The number of non-ortho nitro benzene ring substituents is 1. The fourth-order valence-corrected chi connectivity index (χ4v) is 2.40. The Labute approximate surface area is 130 Å². The van der Waals surface area contributed by atoms with Gasteiger partial charge in [0, 0.05) is 30.3 Å². The van der Waals surface area contributed by atoms with Crippen LogP contribution in [-0.4, -0.2) is 24.0 Å². The zero-order chi connectivity index (χ0) is 16.1. The molecule has 0 fully saturated rings. The van der Waals surface area contributed by atoms with Crippen LogP contribution in [0.5, 0.6) is 5.75 Å². The second kappa shape index (κ2) is 7.04. The maximum Gasteiger partial charge on any atom is 0.269 e. The number of nitrogens with zero attached hydrogens (tertiary/aromatic N) is 2. The number of nitro groups is 1. The van der Waals surface area contributed by atoms with E-state index in [2.05, 4.69) is 17.9 Å². The molecule has 0 aliphatic heterocycles. The molecule has 0 aliphatic rings. The number of nitro benzene ring substituents is 1. The summed E-state index contributed by atoms with van der Waals surface area (Å²) < 4.78 is 5.41. The van der Waals surface area contributed by atoms with Gasteiger partial charge in [-0.3, -0.25) is 15.0 Å². The highest BCUT2D eigenvalue weighted by Crippen LogP contribution is 2.29. The van der Waals surface area contributed by atoms with Gasteiger partial charge in [-0.25, -0.2) is 0 Å². The van der Waals surface area contributed by atoms with E-state index in [1.807, 2.05) is 25.2 Å². The highest BCUT2D eigenvalue weighted by atomic mass is 16.6. The van der Waals surface area contributed by atoms with E-state index in [-0.39, 0.29) is 16.7 Å². The smallest absolute Gasteiger partial charge is 0.269 e. The normalized spacial score (nSPS) is 12.2.